The summed E-state index contributed by atoms with van der Waals surface area (Å²) in [5.74, 6) is -0.345. The number of rotatable bonds is 5. The summed E-state index contributed by atoms with van der Waals surface area (Å²) in [5, 5.41) is 6.39. The highest BCUT2D eigenvalue weighted by atomic mass is 19.1. The Labute approximate surface area is 141 Å². The second kappa shape index (κ2) is 6.27. The molecule has 0 aliphatic heterocycles. The number of fused-ring (bicyclic) bond motifs is 1. The predicted octanol–water partition coefficient (Wildman–Crippen LogP) is 3.75. The molecule has 0 heterocycles. The zero-order valence-electron chi connectivity index (χ0n) is 13.5. The average molecular weight is 324 g/mol. The van der Waals surface area contributed by atoms with Crippen molar-refractivity contribution in [3.8, 4) is 0 Å². The number of hydrogen-bond acceptors (Lipinski definition) is 2. The van der Waals surface area contributed by atoms with Gasteiger partial charge in [0.1, 0.15) is 11.9 Å². The molecule has 3 nitrogen and oxygen atoms in total. The lowest BCUT2D eigenvalue weighted by Gasteiger charge is -2.20. The fraction of sp³-hybridized carbons (Fsp3) is 0.350. The second-order valence-electron chi connectivity index (χ2n) is 6.75. The number of halogens is 1. The Morgan fingerprint density at radius 3 is 2.54 bits per heavy atom. The smallest absolute Gasteiger partial charge is 0.247 e. The van der Waals surface area contributed by atoms with Crippen molar-refractivity contribution in [3.05, 3.63) is 65.0 Å². The molecule has 4 rings (SSSR count). The number of carbonyl (C=O) groups is 1. The lowest BCUT2D eigenvalue weighted by atomic mass is 10.0. The fourth-order valence-electron chi connectivity index (χ4n) is 3.30. The molecule has 1 fully saturated rings. The van der Waals surface area contributed by atoms with Gasteiger partial charge in [-0.3, -0.25) is 4.79 Å². The Morgan fingerprint density at radius 2 is 1.79 bits per heavy atom. The van der Waals surface area contributed by atoms with Crippen LogP contribution in [-0.4, -0.2) is 11.9 Å². The first kappa shape index (κ1) is 15.2. The number of benzene rings is 2. The molecule has 2 aliphatic carbocycles. The maximum Gasteiger partial charge on any atom is 0.247 e. The van der Waals surface area contributed by atoms with Gasteiger partial charge in [0.15, 0.2) is 0 Å². The number of aryl methyl sites for hydroxylation is 2. The molecule has 24 heavy (non-hydrogen) atoms. The SMILES string of the molecule is O=C(NC1CC1)[C@@H](Nc1ccc2c(c1)CCC2)c1ccc(F)cc1. The lowest BCUT2D eigenvalue weighted by Crippen LogP contribution is -2.34. The molecule has 1 saturated carbocycles. The first-order valence-electron chi connectivity index (χ1n) is 8.63. The van der Waals surface area contributed by atoms with E-state index in [1.807, 2.05) is 6.07 Å². The second-order valence-corrected chi connectivity index (χ2v) is 6.75. The third-order valence-electron chi connectivity index (χ3n) is 4.80. The Hall–Kier alpha value is -2.36. The molecule has 1 amide bonds. The number of nitrogens with one attached hydrogen (secondary N) is 2. The van der Waals surface area contributed by atoms with Crippen LogP contribution in [0.5, 0.6) is 0 Å². The molecule has 2 N–H and O–H groups in total. The topological polar surface area (TPSA) is 41.1 Å². The van der Waals surface area contributed by atoms with Crippen LogP contribution >= 0.6 is 0 Å². The molecule has 2 aromatic rings. The average Bonchev–Trinajstić information content (AvgIpc) is 3.27. The van der Waals surface area contributed by atoms with E-state index in [2.05, 4.69) is 22.8 Å². The third kappa shape index (κ3) is 3.28. The summed E-state index contributed by atoms with van der Waals surface area (Å²) in [6.07, 6.45) is 5.52. The summed E-state index contributed by atoms with van der Waals surface area (Å²) in [4.78, 5) is 12.6. The maximum absolute atomic E-state index is 13.2. The lowest BCUT2D eigenvalue weighted by molar-refractivity contribution is -0.122. The Balaban J connectivity index is 1.59. The highest BCUT2D eigenvalue weighted by Gasteiger charge is 2.28. The minimum atomic E-state index is -0.509. The maximum atomic E-state index is 13.2. The van der Waals surface area contributed by atoms with Gasteiger partial charge in [-0.15, -0.1) is 0 Å². The van der Waals surface area contributed by atoms with E-state index in [1.165, 1.54) is 29.7 Å². The number of amides is 1. The molecule has 124 valence electrons. The minimum Gasteiger partial charge on any atom is -0.370 e. The van der Waals surface area contributed by atoms with E-state index < -0.39 is 6.04 Å². The van der Waals surface area contributed by atoms with Crippen molar-refractivity contribution in [2.45, 2.75) is 44.2 Å². The molecular weight excluding hydrogens is 303 g/mol. The van der Waals surface area contributed by atoms with Gasteiger partial charge in [0.25, 0.3) is 0 Å². The van der Waals surface area contributed by atoms with Crippen LogP contribution in [0.4, 0.5) is 10.1 Å². The molecule has 0 spiro atoms. The van der Waals surface area contributed by atoms with E-state index in [0.717, 1.165) is 36.9 Å². The van der Waals surface area contributed by atoms with Crippen molar-refractivity contribution in [1.29, 1.82) is 0 Å². The van der Waals surface area contributed by atoms with Crippen LogP contribution in [0.1, 0.15) is 42.0 Å². The van der Waals surface area contributed by atoms with Gasteiger partial charge in [-0.05, 0) is 73.1 Å². The Morgan fingerprint density at radius 1 is 1.04 bits per heavy atom. The van der Waals surface area contributed by atoms with Crippen LogP contribution < -0.4 is 10.6 Å². The quantitative estimate of drug-likeness (QED) is 0.879. The van der Waals surface area contributed by atoms with Gasteiger partial charge in [-0.25, -0.2) is 4.39 Å². The predicted molar refractivity (Wildman–Crippen MR) is 92.4 cm³/mol. The van der Waals surface area contributed by atoms with E-state index >= 15 is 0 Å². The third-order valence-corrected chi connectivity index (χ3v) is 4.80. The van der Waals surface area contributed by atoms with Gasteiger partial charge in [-0.1, -0.05) is 18.2 Å². The van der Waals surface area contributed by atoms with Crippen molar-refractivity contribution >= 4 is 11.6 Å². The van der Waals surface area contributed by atoms with Gasteiger partial charge in [-0.2, -0.15) is 0 Å². The van der Waals surface area contributed by atoms with E-state index in [1.54, 1.807) is 12.1 Å². The Bertz CT molecular complexity index is 753. The van der Waals surface area contributed by atoms with E-state index in [-0.39, 0.29) is 11.7 Å². The summed E-state index contributed by atoms with van der Waals surface area (Å²) in [6.45, 7) is 0. The molecule has 0 radical (unpaired) electrons. The fourth-order valence-corrected chi connectivity index (χ4v) is 3.30. The van der Waals surface area contributed by atoms with Gasteiger partial charge in [0, 0.05) is 11.7 Å². The Kier molecular flexibility index (Phi) is 3.97. The molecule has 0 aromatic heterocycles. The first-order chi connectivity index (χ1) is 11.7. The summed E-state index contributed by atoms with van der Waals surface area (Å²) in [5.41, 5.74) is 4.48. The summed E-state index contributed by atoms with van der Waals surface area (Å²) in [7, 11) is 0. The molecule has 1 atom stereocenters. The van der Waals surface area contributed by atoms with Crippen LogP contribution in [-0.2, 0) is 17.6 Å². The normalized spacial score (nSPS) is 17.2. The zero-order chi connectivity index (χ0) is 16.5. The number of anilines is 1. The minimum absolute atomic E-state index is 0.0513. The highest BCUT2D eigenvalue weighted by Crippen LogP contribution is 2.28. The first-order valence-corrected chi connectivity index (χ1v) is 8.63. The van der Waals surface area contributed by atoms with Crippen molar-refractivity contribution < 1.29 is 9.18 Å². The van der Waals surface area contributed by atoms with E-state index in [4.69, 9.17) is 0 Å². The standard InChI is InChI=1S/C20H21FN2O/c21-16-7-4-14(5-8-16)19(20(24)23-17-10-11-17)22-18-9-6-13-2-1-3-15(13)12-18/h4-9,12,17,19,22H,1-3,10-11H2,(H,23,24)/t19-/m0/s1. The van der Waals surface area contributed by atoms with Crippen molar-refractivity contribution in [2.75, 3.05) is 5.32 Å². The molecule has 0 bridgehead atoms. The molecule has 2 aliphatic rings. The summed E-state index contributed by atoms with van der Waals surface area (Å²) < 4.78 is 13.2. The number of carbonyl (C=O) groups excluding carboxylic acids is 1. The summed E-state index contributed by atoms with van der Waals surface area (Å²) in [6, 6.07) is 12.3. The monoisotopic (exact) mass is 324 g/mol. The van der Waals surface area contributed by atoms with E-state index in [9.17, 15) is 9.18 Å². The highest BCUT2D eigenvalue weighted by molar-refractivity contribution is 5.86. The van der Waals surface area contributed by atoms with Crippen LogP contribution in [0.15, 0.2) is 42.5 Å². The van der Waals surface area contributed by atoms with Gasteiger partial charge in [0.2, 0.25) is 5.91 Å². The molecule has 4 heteroatoms. The molecule has 2 aromatic carbocycles. The van der Waals surface area contributed by atoms with Gasteiger partial charge < -0.3 is 10.6 Å². The van der Waals surface area contributed by atoms with Crippen LogP contribution in [0.2, 0.25) is 0 Å². The van der Waals surface area contributed by atoms with E-state index in [0.29, 0.717) is 6.04 Å². The largest absolute Gasteiger partial charge is 0.370 e. The van der Waals surface area contributed by atoms with Crippen molar-refractivity contribution in [2.24, 2.45) is 0 Å². The van der Waals surface area contributed by atoms with Crippen molar-refractivity contribution in [1.82, 2.24) is 5.32 Å². The molecule has 0 unspecified atom stereocenters. The zero-order valence-corrected chi connectivity index (χ0v) is 13.5. The number of hydrogen-bond donors (Lipinski definition) is 2. The summed E-state index contributed by atoms with van der Waals surface area (Å²) >= 11 is 0. The van der Waals surface area contributed by atoms with Gasteiger partial charge >= 0.3 is 0 Å². The van der Waals surface area contributed by atoms with Crippen LogP contribution in [0.3, 0.4) is 0 Å². The van der Waals surface area contributed by atoms with Gasteiger partial charge in [0.05, 0.1) is 0 Å². The molecular formula is C20H21FN2O. The van der Waals surface area contributed by atoms with Crippen LogP contribution in [0.25, 0.3) is 0 Å². The molecule has 0 saturated heterocycles. The van der Waals surface area contributed by atoms with Crippen molar-refractivity contribution in [3.63, 3.8) is 0 Å². The van der Waals surface area contributed by atoms with Crippen LogP contribution in [0, 0.1) is 5.82 Å².